The van der Waals surface area contributed by atoms with Crippen LogP contribution >= 0.6 is 15.9 Å². The summed E-state index contributed by atoms with van der Waals surface area (Å²) in [5.74, 6) is -4.30. The van der Waals surface area contributed by atoms with E-state index in [0.717, 1.165) is 24.0 Å². The lowest BCUT2D eigenvalue weighted by molar-refractivity contribution is -0.142. The number of halogens is 2. The number of carbonyl (C=O) groups excluding carboxylic acids is 2. The lowest BCUT2D eigenvalue weighted by atomic mass is 9.57. The monoisotopic (exact) mass is 757 g/mol. The molecule has 4 aromatic rings. The summed E-state index contributed by atoms with van der Waals surface area (Å²) in [6, 6.07) is 18.3. The van der Waals surface area contributed by atoms with Crippen molar-refractivity contribution in [3.05, 3.63) is 116 Å². The van der Waals surface area contributed by atoms with Crippen molar-refractivity contribution in [3.63, 3.8) is 0 Å². The molecule has 8 rings (SSSR count). The summed E-state index contributed by atoms with van der Waals surface area (Å²) in [5.41, 5.74) is -0.517. The first-order valence-electron chi connectivity index (χ1n) is 17.1. The minimum Gasteiger partial charge on any atom is -0.507 e. The van der Waals surface area contributed by atoms with Gasteiger partial charge in [0.05, 0.1) is 16.1 Å². The lowest BCUT2D eigenvalue weighted by Crippen LogP contribution is -2.63. The zero-order valence-electron chi connectivity index (χ0n) is 28.1. The van der Waals surface area contributed by atoms with E-state index in [1.807, 2.05) is 60.7 Å². The minimum atomic E-state index is -2.58. The number of hydrogen-bond acceptors (Lipinski definition) is 10. The molecule has 0 unspecified atom stereocenters. The van der Waals surface area contributed by atoms with Crippen molar-refractivity contribution < 1.29 is 38.2 Å². The number of carbonyl (C=O) groups is 2. The maximum Gasteiger partial charge on any atom is 0.265 e. The number of nitrogens with zero attached hydrogens (tertiary/aromatic N) is 2. The van der Waals surface area contributed by atoms with Gasteiger partial charge in [0, 0.05) is 35.2 Å². The van der Waals surface area contributed by atoms with Gasteiger partial charge in [0.15, 0.2) is 11.4 Å². The molecule has 2 fully saturated rings. The van der Waals surface area contributed by atoms with Gasteiger partial charge in [-0.25, -0.2) is 4.39 Å². The Morgan fingerprint density at radius 2 is 1.65 bits per heavy atom. The number of fused-ring (bicyclic) bond motifs is 4. The van der Waals surface area contributed by atoms with E-state index in [4.69, 9.17) is 14.0 Å². The van der Waals surface area contributed by atoms with E-state index >= 15 is 4.39 Å². The first-order valence-corrected chi connectivity index (χ1v) is 17.9. The third kappa shape index (κ3) is 5.60. The molecule has 0 saturated heterocycles. The predicted molar refractivity (Wildman–Crippen MR) is 188 cm³/mol. The van der Waals surface area contributed by atoms with Crippen molar-refractivity contribution in [2.24, 2.45) is 11.8 Å². The number of aromatic nitrogens is 1. The summed E-state index contributed by atoms with van der Waals surface area (Å²) in [5, 5.41) is 31.9. The normalized spacial score (nSPS) is 23.8. The van der Waals surface area contributed by atoms with Crippen LogP contribution in [0.25, 0.3) is 5.76 Å². The summed E-state index contributed by atoms with van der Waals surface area (Å²) in [6.45, 7) is 0.435. The summed E-state index contributed by atoms with van der Waals surface area (Å²) >= 11 is 3.57. The van der Waals surface area contributed by atoms with E-state index in [0.29, 0.717) is 16.1 Å². The van der Waals surface area contributed by atoms with Crippen LogP contribution < -0.4 is 14.8 Å². The van der Waals surface area contributed by atoms with Gasteiger partial charge in [0.2, 0.25) is 11.6 Å². The van der Waals surface area contributed by atoms with E-state index in [-0.39, 0.29) is 72.3 Å². The summed E-state index contributed by atoms with van der Waals surface area (Å²) < 4.78 is 34.9. The molecule has 1 heterocycles. The van der Waals surface area contributed by atoms with Crippen LogP contribution in [0, 0.1) is 17.7 Å². The molecule has 1 aromatic heterocycles. The van der Waals surface area contributed by atoms with Gasteiger partial charge >= 0.3 is 0 Å². The maximum atomic E-state index is 16.6. The number of aliphatic hydroxyl groups is 2. The Hall–Kier alpha value is -4.36. The zero-order valence-corrected chi connectivity index (χ0v) is 29.7. The van der Waals surface area contributed by atoms with Gasteiger partial charge < -0.3 is 29.5 Å². The Morgan fingerprint density at radius 1 is 1.00 bits per heavy atom. The second kappa shape index (κ2) is 13.0. The predicted octanol–water partition coefficient (Wildman–Crippen LogP) is 6.25. The van der Waals surface area contributed by atoms with E-state index in [1.54, 1.807) is 19.0 Å². The van der Waals surface area contributed by atoms with Gasteiger partial charge in [-0.15, -0.1) is 0 Å². The van der Waals surface area contributed by atoms with Crippen molar-refractivity contribution in [1.82, 2.24) is 15.4 Å². The highest BCUT2D eigenvalue weighted by Crippen LogP contribution is 2.57. The zero-order chi connectivity index (χ0) is 35.6. The van der Waals surface area contributed by atoms with Crippen LogP contribution in [0.2, 0.25) is 0 Å². The third-order valence-electron chi connectivity index (χ3n) is 10.6. The van der Waals surface area contributed by atoms with Crippen LogP contribution in [0.5, 0.6) is 11.6 Å². The molecule has 0 radical (unpaired) electrons. The SMILES string of the molecule is CN(C)[C@@H]1c2onc(OCc3ccccc3)c2C(=O)[C@@]2(O)C(=O)C3=C(O)c4c(c(F)c(CNC5CC5)c(Br)c4OCc4ccccc4)C[C@H]3C[C@@H]12. The second-order valence-corrected chi connectivity index (χ2v) is 14.9. The Bertz CT molecular complexity index is 2060. The average molecular weight is 759 g/mol. The van der Waals surface area contributed by atoms with Gasteiger partial charge in [-0.1, -0.05) is 60.7 Å². The van der Waals surface area contributed by atoms with Crippen molar-refractivity contribution in [3.8, 4) is 11.6 Å². The minimum absolute atomic E-state index is 0.0390. The van der Waals surface area contributed by atoms with Crippen LogP contribution in [-0.4, -0.2) is 57.6 Å². The van der Waals surface area contributed by atoms with E-state index in [2.05, 4.69) is 26.4 Å². The number of ketones is 2. The smallest absolute Gasteiger partial charge is 0.265 e. The molecule has 10 nitrogen and oxygen atoms in total. The average Bonchev–Trinajstić information content (AvgIpc) is 3.87. The Balaban J connectivity index is 1.22. The second-order valence-electron chi connectivity index (χ2n) is 14.1. The highest BCUT2D eigenvalue weighted by molar-refractivity contribution is 9.10. The van der Waals surface area contributed by atoms with E-state index < -0.39 is 46.6 Å². The Labute approximate surface area is 302 Å². The fraction of sp³-hybridized carbons (Fsp3) is 0.359. The summed E-state index contributed by atoms with van der Waals surface area (Å²) in [6.07, 6.45) is 2.17. The molecular formula is C39H37BrFN3O7. The number of rotatable bonds is 10. The van der Waals surface area contributed by atoms with Crippen molar-refractivity contribution in [2.45, 2.75) is 63.1 Å². The molecule has 0 amide bonds. The molecule has 2 saturated carbocycles. The highest BCUT2D eigenvalue weighted by atomic mass is 79.9. The van der Waals surface area contributed by atoms with Crippen LogP contribution in [0.4, 0.5) is 4.39 Å². The Kier molecular flexibility index (Phi) is 8.61. The first kappa shape index (κ1) is 33.8. The number of benzene rings is 3. The maximum absolute atomic E-state index is 16.6. The van der Waals surface area contributed by atoms with Gasteiger partial charge in [0.1, 0.15) is 36.1 Å². The molecule has 3 N–H and O–H groups in total. The molecule has 4 aliphatic rings. The van der Waals surface area contributed by atoms with Crippen LogP contribution in [0.3, 0.4) is 0 Å². The molecule has 3 aromatic carbocycles. The van der Waals surface area contributed by atoms with Crippen molar-refractivity contribution >= 4 is 33.3 Å². The summed E-state index contributed by atoms with van der Waals surface area (Å²) in [7, 11) is 3.52. The quantitative estimate of drug-likeness (QED) is 0.160. The van der Waals surface area contributed by atoms with E-state index in [1.165, 1.54) is 0 Å². The largest absolute Gasteiger partial charge is 0.507 e. The Morgan fingerprint density at radius 3 is 2.27 bits per heavy atom. The molecule has 4 atom stereocenters. The van der Waals surface area contributed by atoms with Gasteiger partial charge in [-0.3, -0.25) is 14.5 Å². The summed E-state index contributed by atoms with van der Waals surface area (Å²) in [4.78, 5) is 30.9. The molecule has 0 spiro atoms. The van der Waals surface area contributed by atoms with Crippen LogP contribution in [-0.2, 0) is 31.0 Å². The highest BCUT2D eigenvalue weighted by Gasteiger charge is 2.65. The first-order chi connectivity index (χ1) is 24.6. The fourth-order valence-electron chi connectivity index (χ4n) is 7.91. The van der Waals surface area contributed by atoms with Gasteiger partial charge in [-0.2, -0.15) is 0 Å². The molecule has 0 aliphatic heterocycles. The van der Waals surface area contributed by atoms with Crippen molar-refractivity contribution in [1.29, 1.82) is 0 Å². The fourth-order valence-corrected chi connectivity index (χ4v) is 8.54. The van der Waals surface area contributed by atoms with Crippen molar-refractivity contribution in [2.75, 3.05) is 14.1 Å². The molecule has 0 bridgehead atoms. The number of nitrogens with one attached hydrogen (secondary N) is 1. The van der Waals surface area contributed by atoms with Gasteiger partial charge in [0.25, 0.3) is 5.88 Å². The molecule has 264 valence electrons. The number of ether oxygens (including phenoxy) is 2. The molecule has 12 heteroatoms. The standard InChI is InChI=1S/C39H37BrFN3O7/c1-44(2)32-26-16-22-15-24-28(34(49-18-20-9-5-3-6-10-20)30(40)25(31(24)41)17-42-23-13-14-23)33(45)27(22)36(46)39(26,48)37(47)29-35(32)51-43-38(29)50-19-21-11-7-4-8-12-21/h3-12,22-23,26,32,42,45,48H,13-19H2,1-2H3/t22-,26-,32-,39-/m0/s1. The lowest BCUT2D eigenvalue weighted by Gasteiger charge is -2.49. The van der Waals surface area contributed by atoms with Gasteiger partial charge in [-0.05, 0) is 77.9 Å². The van der Waals surface area contributed by atoms with Crippen LogP contribution in [0.15, 0.2) is 75.2 Å². The number of Topliss-reactive ketones (excluding diaryl/α,β-unsaturated/α-hetero) is 2. The number of hydrogen-bond donors (Lipinski definition) is 3. The topological polar surface area (TPSA) is 134 Å². The van der Waals surface area contributed by atoms with Crippen LogP contribution in [0.1, 0.15) is 69.2 Å². The third-order valence-corrected chi connectivity index (χ3v) is 11.4. The molecule has 51 heavy (non-hydrogen) atoms. The molecule has 4 aliphatic carbocycles. The molecular weight excluding hydrogens is 721 g/mol. The number of aliphatic hydroxyl groups excluding tert-OH is 1. The van der Waals surface area contributed by atoms with E-state index in [9.17, 15) is 19.8 Å².